The van der Waals surface area contributed by atoms with Crippen LogP contribution in [0, 0.1) is 0 Å². The summed E-state index contributed by atoms with van der Waals surface area (Å²) >= 11 is 3.39. The van der Waals surface area contributed by atoms with Crippen LogP contribution in [0.15, 0.2) is 22.7 Å². The number of hydrogen-bond donors (Lipinski definition) is 2. The number of halogens is 2. The minimum atomic E-state index is 0. The Morgan fingerprint density at radius 1 is 1.38 bits per heavy atom. The van der Waals surface area contributed by atoms with Crippen molar-refractivity contribution in [2.75, 3.05) is 0 Å². The molecular formula is C12H19BrClNO. The lowest BCUT2D eigenvalue weighted by Crippen LogP contribution is -2.37. The van der Waals surface area contributed by atoms with Crippen molar-refractivity contribution >= 4 is 28.3 Å². The van der Waals surface area contributed by atoms with Crippen molar-refractivity contribution < 1.29 is 5.11 Å². The first-order chi connectivity index (χ1) is 6.94. The lowest BCUT2D eigenvalue weighted by atomic mass is 10.0. The van der Waals surface area contributed by atoms with Crippen molar-refractivity contribution in [3.63, 3.8) is 0 Å². The average Bonchev–Trinajstić information content (AvgIpc) is 2.20. The Morgan fingerprint density at radius 3 is 2.56 bits per heavy atom. The maximum Gasteiger partial charge on any atom is 0.120 e. The summed E-state index contributed by atoms with van der Waals surface area (Å²) in [4.78, 5) is 0. The van der Waals surface area contributed by atoms with Crippen LogP contribution in [0.25, 0.3) is 0 Å². The highest BCUT2D eigenvalue weighted by Crippen LogP contribution is 2.22. The molecule has 2 N–H and O–H groups in total. The van der Waals surface area contributed by atoms with Gasteiger partial charge >= 0.3 is 0 Å². The summed E-state index contributed by atoms with van der Waals surface area (Å²) < 4.78 is 0.992. The summed E-state index contributed by atoms with van der Waals surface area (Å²) in [5.41, 5.74) is 1.03. The second-order valence-corrected chi connectivity index (χ2v) is 5.28. The molecule has 0 fully saturated rings. The van der Waals surface area contributed by atoms with Crippen LogP contribution in [0.2, 0.25) is 0 Å². The zero-order valence-corrected chi connectivity index (χ0v) is 12.3. The molecule has 0 saturated carbocycles. The molecule has 2 nitrogen and oxygen atoms in total. The summed E-state index contributed by atoms with van der Waals surface area (Å²) in [5, 5.41) is 13.1. The van der Waals surface area contributed by atoms with Crippen LogP contribution < -0.4 is 5.32 Å². The third kappa shape index (κ3) is 4.73. The summed E-state index contributed by atoms with van der Waals surface area (Å²) in [6.07, 6.45) is 1.06. The molecule has 0 aromatic heterocycles. The predicted octanol–water partition coefficient (Wildman–Crippen LogP) is 3.85. The lowest BCUT2D eigenvalue weighted by molar-refractivity contribution is 0.369. The third-order valence-corrected chi connectivity index (χ3v) is 3.18. The maximum atomic E-state index is 9.64. The highest BCUT2D eigenvalue weighted by atomic mass is 79.9. The van der Waals surface area contributed by atoms with E-state index in [1.807, 2.05) is 12.1 Å². The molecule has 0 spiro atoms. The van der Waals surface area contributed by atoms with Gasteiger partial charge in [-0.2, -0.15) is 0 Å². The van der Waals surface area contributed by atoms with Gasteiger partial charge < -0.3 is 10.4 Å². The van der Waals surface area contributed by atoms with Gasteiger partial charge in [-0.05, 0) is 38.5 Å². The molecule has 16 heavy (non-hydrogen) atoms. The molecule has 1 aromatic rings. The highest BCUT2D eigenvalue weighted by molar-refractivity contribution is 9.10. The first-order valence-corrected chi connectivity index (χ1v) is 5.96. The molecule has 0 unspecified atom stereocenters. The zero-order chi connectivity index (χ0) is 11.5. The Kier molecular flexibility index (Phi) is 6.38. The van der Waals surface area contributed by atoms with Crippen LogP contribution >= 0.6 is 28.3 Å². The van der Waals surface area contributed by atoms with E-state index >= 15 is 0 Å². The van der Waals surface area contributed by atoms with Gasteiger partial charge in [0.2, 0.25) is 0 Å². The van der Waals surface area contributed by atoms with Gasteiger partial charge in [-0.1, -0.05) is 22.9 Å². The van der Waals surface area contributed by atoms with Crippen LogP contribution in [-0.4, -0.2) is 10.6 Å². The number of benzene rings is 1. The molecular weight excluding hydrogens is 289 g/mol. The van der Waals surface area contributed by atoms with Gasteiger partial charge in [0.05, 0.1) is 0 Å². The van der Waals surface area contributed by atoms with E-state index in [1.165, 1.54) is 0 Å². The smallest absolute Gasteiger partial charge is 0.120 e. The summed E-state index contributed by atoms with van der Waals surface area (Å²) in [5.74, 6) is 0.345. The monoisotopic (exact) mass is 307 g/mol. The fourth-order valence-corrected chi connectivity index (χ4v) is 1.56. The number of nitrogens with one attached hydrogen (secondary N) is 1. The van der Waals surface area contributed by atoms with Crippen LogP contribution in [0.3, 0.4) is 0 Å². The second kappa shape index (κ2) is 6.48. The van der Waals surface area contributed by atoms with E-state index in [9.17, 15) is 5.11 Å². The molecule has 1 rings (SSSR count). The van der Waals surface area contributed by atoms with Crippen molar-refractivity contribution in [2.24, 2.45) is 0 Å². The minimum absolute atomic E-state index is 0. The van der Waals surface area contributed by atoms with Gasteiger partial charge in [0.15, 0.2) is 0 Å². The summed E-state index contributed by atoms with van der Waals surface area (Å²) in [7, 11) is 0. The van der Waals surface area contributed by atoms with Gasteiger partial charge in [0, 0.05) is 22.1 Å². The molecule has 0 aliphatic rings. The number of rotatable bonds is 4. The second-order valence-electron chi connectivity index (χ2n) is 4.36. The standard InChI is InChI=1S/C12H18BrNO.ClH/c1-4-12(2,3)14-8-9-7-10(13)5-6-11(9)15;/h5-7,14-15H,4,8H2,1-3H3;1H. The van der Waals surface area contributed by atoms with E-state index in [-0.39, 0.29) is 17.9 Å². The fourth-order valence-electron chi connectivity index (χ4n) is 1.16. The number of phenolic OH excluding ortho intramolecular Hbond substituents is 1. The Bertz CT molecular complexity index is 342. The molecule has 0 aliphatic carbocycles. The first-order valence-electron chi connectivity index (χ1n) is 5.17. The Hall–Kier alpha value is -0.250. The minimum Gasteiger partial charge on any atom is -0.508 e. The van der Waals surface area contributed by atoms with Crippen LogP contribution in [0.1, 0.15) is 32.8 Å². The Balaban J connectivity index is 0.00000225. The lowest BCUT2D eigenvalue weighted by Gasteiger charge is -2.24. The van der Waals surface area contributed by atoms with Gasteiger partial charge in [-0.3, -0.25) is 0 Å². The molecule has 92 valence electrons. The van der Waals surface area contributed by atoms with Gasteiger partial charge in [0.25, 0.3) is 0 Å². The summed E-state index contributed by atoms with van der Waals surface area (Å²) in [6.45, 7) is 7.14. The maximum absolute atomic E-state index is 9.64. The van der Waals surface area contributed by atoms with E-state index in [0.29, 0.717) is 12.3 Å². The van der Waals surface area contributed by atoms with E-state index in [1.54, 1.807) is 6.07 Å². The number of hydrogen-bond acceptors (Lipinski definition) is 2. The molecule has 1 aromatic carbocycles. The van der Waals surface area contributed by atoms with Crippen molar-refractivity contribution in [2.45, 2.75) is 39.3 Å². The number of phenols is 1. The van der Waals surface area contributed by atoms with E-state index in [4.69, 9.17) is 0 Å². The van der Waals surface area contributed by atoms with E-state index in [2.05, 4.69) is 42.0 Å². The largest absolute Gasteiger partial charge is 0.508 e. The van der Waals surface area contributed by atoms with E-state index in [0.717, 1.165) is 16.5 Å². The van der Waals surface area contributed by atoms with Crippen LogP contribution in [0.5, 0.6) is 5.75 Å². The predicted molar refractivity (Wildman–Crippen MR) is 74.3 cm³/mol. The van der Waals surface area contributed by atoms with Gasteiger partial charge in [-0.15, -0.1) is 12.4 Å². The van der Waals surface area contributed by atoms with E-state index < -0.39 is 0 Å². The SMILES string of the molecule is CCC(C)(C)NCc1cc(Br)ccc1O.Cl. The van der Waals surface area contributed by atoms with Crippen molar-refractivity contribution in [1.29, 1.82) is 0 Å². The topological polar surface area (TPSA) is 32.3 Å². The normalized spacial score (nSPS) is 11.0. The quantitative estimate of drug-likeness (QED) is 0.885. The molecule has 0 amide bonds. The molecule has 0 heterocycles. The first kappa shape index (κ1) is 15.8. The van der Waals surface area contributed by atoms with Crippen molar-refractivity contribution in [3.8, 4) is 5.75 Å². The molecule has 0 aliphatic heterocycles. The molecule has 4 heteroatoms. The Labute approximate surface area is 112 Å². The molecule has 0 atom stereocenters. The molecule has 0 radical (unpaired) electrons. The van der Waals surface area contributed by atoms with Crippen molar-refractivity contribution in [3.05, 3.63) is 28.2 Å². The molecule has 0 bridgehead atoms. The molecule has 0 saturated heterocycles. The average molecular weight is 309 g/mol. The number of aromatic hydroxyl groups is 1. The van der Waals surface area contributed by atoms with Gasteiger partial charge in [-0.25, -0.2) is 0 Å². The van der Waals surface area contributed by atoms with Crippen LogP contribution in [-0.2, 0) is 6.54 Å². The van der Waals surface area contributed by atoms with Crippen molar-refractivity contribution in [1.82, 2.24) is 5.32 Å². The van der Waals surface area contributed by atoms with Gasteiger partial charge in [0.1, 0.15) is 5.75 Å². The summed E-state index contributed by atoms with van der Waals surface area (Å²) in [6, 6.07) is 5.48. The Morgan fingerprint density at radius 2 is 2.00 bits per heavy atom. The zero-order valence-electron chi connectivity index (χ0n) is 9.88. The fraction of sp³-hybridized carbons (Fsp3) is 0.500. The highest BCUT2D eigenvalue weighted by Gasteiger charge is 2.14. The third-order valence-electron chi connectivity index (χ3n) is 2.68. The van der Waals surface area contributed by atoms with Crippen LogP contribution in [0.4, 0.5) is 0 Å².